The highest BCUT2D eigenvalue weighted by Crippen LogP contribution is 2.22. The second-order valence-electron chi connectivity index (χ2n) is 6.57. The summed E-state index contributed by atoms with van der Waals surface area (Å²) in [4.78, 5) is 10.0. The molecular formula is C19H27FN4S. The van der Waals surface area contributed by atoms with E-state index in [1.165, 1.54) is 17.0 Å². The van der Waals surface area contributed by atoms with Gasteiger partial charge in [0.05, 0.1) is 5.01 Å². The lowest BCUT2D eigenvalue weighted by atomic mass is 9.84. The third-order valence-corrected chi connectivity index (χ3v) is 5.33. The summed E-state index contributed by atoms with van der Waals surface area (Å²) in [6, 6.07) is 6.67. The molecule has 0 aliphatic heterocycles. The molecule has 0 aliphatic carbocycles. The van der Waals surface area contributed by atoms with Crippen LogP contribution in [0.1, 0.15) is 36.2 Å². The number of nitrogens with zero attached hydrogens (tertiary/aromatic N) is 2. The van der Waals surface area contributed by atoms with E-state index in [1.54, 1.807) is 18.4 Å². The van der Waals surface area contributed by atoms with Crippen LogP contribution in [0.4, 0.5) is 4.39 Å². The molecule has 0 aliphatic rings. The van der Waals surface area contributed by atoms with Gasteiger partial charge >= 0.3 is 0 Å². The number of thiazole rings is 1. The van der Waals surface area contributed by atoms with Gasteiger partial charge in [0.15, 0.2) is 5.96 Å². The van der Waals surface area contributed by atoms with Crippen LogP contribution in [0.2, 0.25) is 0 Å². The first-order valence-corrected chi connectivity index (χ1v) is 9.40. The maximum Gasteiger partial charge on any atom is 0.191 e. The number of aliphatic imine (C=N–C) groups is 1. The monoisotopic (exact) mass is 362 g/mol. The second-order valence-corrected chi connectivity index (χ2v) is 7.77. The van der Waals surface area contributed by atoms with Crippen LogP contribution < -0.4 is 10.6 Å². The molecule has 0 bridgehead atoms. The van der Waals surface area contributed by atoms with E-state index in [4.69, 9.17) is 0 Å². The number of hydrogen-bond acceptors (Lipinski definition) is 3. The van der Waals surface area contributed by atoms with Crippen LogP contribution in [0.5, 0.6) is 0 Å². The molecule has 1 aromatic carbocycles. The molecule has 2 N–H and O–H groups in total. The molecule has 0 spiro atoms. The molecule has 1 heterocycles. The molecule has 0 unspecified atom stereocenters. The van der Waals surface area contributed by atoms with Gasteiger partial charge in [-0.15, -0.1) is 11.3 Å². The summed E-state index contributed by atoms with van der Waals surface area (Å²) in [5.41, 5.74) is 0.961. The average molecular weight is 363 g/mol. The van der Waals surface area contributed by atoms with Gasteiger partial charge in [0, 0.05) is 43.0 Å². The Morgan fingerprint density at radius 2 is 1.96 bits per heavy atom. The van der Waals surface area contributed by atoms with E-state index in [0.717, 1.165) is 35.9 Å². The van der Waals surface area contributed by atoms with E-state index in [0.29, 0.717) is 6.54 Å². The number of nitrogens with one attached hydrogen (secondary N) is 2. The molecule has 0 fully saturated rings. The van der Waals surface area contributed by atoms with Crippen molar-refractivity contribution in [3.8, 4) is 0 Å². The zero-order valence-corrected chi connectivity index (χ0v) is 16.2. The van der Waals surface area contributed by atoms with Crippen molar-refractivity contribution < 1.29 is 4.39 Å². The molecule has 4 nitrogen and oxygen atoms in total. The molecule has 0 radical (unpaired) electrons. The lowest BCUT2D eigenvalue weighted by Crippen LogP contribution is -2.44. The fourth-order valence-corrected chi connectivity index (χ4v) is 3.31. The van der Waals surface area contributed by atoms with Crippen molar-refractivity contribution in [2.45, 2.75) is 39.0 Å². The van der Waals surface area contributed by atoms with Gasteiger partial charge in [-0.25, -0.2) is 9.37 Å². The molecule has 0 saturated heterocycles. The summed E-state index contributed by atoms with van der Waals surface area (Å²) in [6.45, 7) is 7.89. The van der Waals surface area contributed by atoms with Crippen molar-refractivity contribution in [2.24, 2.45) is 4.99 Å². The zero-order valence-electron chi connectivity index (χ0n) is 15.4. The predicted octanol–water partition coefficient (Wildman–Crippen LogP) is 3.53. The van der Waals surface area contributed by atoms with Crippen LogP contribution >= 0.6 is 11.3 Å². The van der Waals surface area contributed by atoms with Gasteiger partial charge in [0.1, 0.15) is 5.82 Å². The first-order chi connectivity index (χ1) is 11.9. The Bertz CT molecular complexity index is 692. The summed E-state index contributed by atoms with van der Waals surface area (Å²) >= 11 is 1.77. The number of halogens is 1. The lowest BCUT2D eigenvalue weighted by Gasteiger charge is -2.26. The number of rotatable bonds is 7. The van der Waals surface area contributed by atoms with Crippen molar-refractivity contribution in [1.29, 1.82) is 0 Å². The minimum Gasteiger partial charge on any atom is -0.356 e. The normalized spacial score (nSPS) is 12.3. The predicted molar refractivity (Wildman–Crippen MR) is 104 cm³/mol. The molecule has 0 saturated carbocycles. The third kappa shape index (κ3) is 5.81. The topological polar surface area (TPSA) is 49.3 Å². The lowest BCUT2D eigenvalue weighted by molar-refractivity contribution is 0.507. The van der Waals surface area contributed by atoms with Crippen LogP contribution in [-0.2, 0) is 18.3 Å². The molecular weight excluding hydrogens is 335 g/mol. The molecule has 2 aromatic rings. The maximum atomic E-state index is 13.1. The summed E-state index contributed by atoms with van der Waals surface area (Å²) in [6.07, 6.45) is 3.87. The Balaban J connectivity index is 1.82. The Morgan fingerprint density at radius 1 is 1.24 bits per heavy atom. The fourth-order valence-electron chi connectivity index (χ4n) is 2.44. The van der Waals surface area contributed by atoms with Crippen LogP contribution in [0.25, 0.3) is 0 Å². The highest BCUT2D eigenvalue weighted by Gasteiger charge is 2.20. The number of hydrogen-bond donors (Lipinski definition) is 2. The number of aryl methyl sites for hydroxylation is 1. The largest absolute Gasteiger partial charge is 0.356 e. The van der Waals surface area contributed by atoms with E-state index < -0.39 is 0 Å². The quantitative estimate of drug-likeness (QED) is 0.585. The molecule has 1 aromatic heterocycles. The summed E-state index contributed by atoms with van der Waals surface area (Å²) < 4.78 is 13.1. The molecule has 25 heavy (non-hydrogen) atoms. The van der Waals surface area contributed by atoms with Crippen molar-refractivity contribution in [3.63, 3.8) is 0 Å². The number of aromatic nitrogens is 1. The van der Waals surface area contributed by atoms with Crippen LogP contribution in [-0.4, -0.2) is 31.1 Å². The van der Waals surface area contributed by atoms with Crippen molar-refractivity contribution in [2.75, 3.05) is 20.1 Å². The van der Waals surface area contributed by atoms with Gasteiger partial charge in [-0.2, -0.15) is 0 Å². The van der Waals surface area contributed by atoms with E-state index in [9.17, 15) is 4.39 Å². The Morgan fingerprint density at radius 3 is 2.56 bits per heavy atom. The molecule has 0 atom stereocenters. The first-order valence-electron chi connectivity index (χ1n) is 8.58. The minimum atomic E-state index is -0.210. The first kappa shape index (κ1) is 19.4. The molecule has 6 heteroatoms. The Hall–Kier alpha value is -1.95. The van der Waals surface area contributed by atoms with E-state index in [1.807, 2.05) is 18.3 Å². The van der Waals surface area contributed by atoms with Crippen molar-refractivity contribution >= 4 is 17.3 Å². The number of guanidine groups is 1. The van der Waals surface area contributed by atoms with E-state index in [2.05, 4.69) is 41.4 Å². The Kier molecular flexibility index (Phi) is 6.93. The van der Waals surface area contributed by atoms with Gasteiger partial charge in [-0.1, -0.05) is 32.9 Å². The molecule has 136 valence electrons. The van der Waals surface area contributed by atoms with Crippen molar-refractivity contribution in [1.82, 2.24) is 15.6 Å². The standard InChI is InChI=1S/C19H27FN4S/c1-5-16-12-23-17(25-16)10-11-22-18(21-4)24-13-19(2,3)14-6-8-15(20)9-7-14/h6-9,12H,5,10-11,13H2,1-4H3,(H2,21,22,24). The Labute approximate surface area is 153 Å². The SMILES string of the molecule is CCc1cnc(CCNC(=NC)NCC(C)(C)c2ccc(F)cc2)s1. The average Bonchev–Trinajstić information content (AvgIpc) is 3.06. The van der Waals surface area contributed by atoms with Crippen molar-refractivity contribution in [3.05, 3.63) is 51.7 Å². The molecule has 0 amide bonds. The van der Waals surface area contributed by atoms with E-state index >= 15 is 0 Å². The van der Waals surface area contributed by atoms with Crippen LogP contribution in [0.15, 0.2) is 35.5 Å². The van der Waals surface area contributed by atoms with Gasteiger partial charge in [-0.3, -0.25) is 4.99 Å². The fraction of sp³-hybridized carbons (Fsp3) is 0.474. The van der Waals surface area contributed by atoms with Gasteiger partial charge in [0.25, 0.3) is 0 Å². The minimum absolute atomic E-state index is 0.128. The van der Waals surface area contributed by atoms with E-state index in [-0.39, 0.29) is 11.2 Å². The highest BCUT2D eigenvalue weighted by molar-refractivity contribution is 7.11. The second kappa shape index (κ2) is 8.94. The number of benzene rings is 1. The third-order valence-electron chi connectivity index (χ3n) is 4.13. The zero-order chi connectivity index (χ0) is 18.3. The molecule has 2 rings (SSSR count). The van der Waals surface area contributed by atoms with Gasteiger partial charge in [-0.05, 0) is 24.1 Å². The highest BCUT2D eigenvalue weighted by atomic mass is 32.1. The summed E-state index contributed by atoms with van der Waals surface area (Å²) in [5, 5.41) is 7.82. The summed E-state index contributed by atoms with van der Waals surface area (Å²) in [5.74, 6) is 0.556. The summed E-state index contributed by atoms with van der Waals surface area (Å²) in [7, 11) is 1.76. The maximum absolute atomic E-state index is 13.1. The van der Waals surface area contributed by atoms with Gasteiger partial charge < -0.3 is 10.6 Å². The van der Waals surface area contributed by atoms with Gasteiger partial charge in [0.2, 0.25) is 0 Å². The van der Waals surface area contributed by atoms with Crippen LogP contribution in [0, 0.1) is 5.82 Å². The van der Waals surface area contributed by atoms with Crippen LogP contribution in [0.3, 0.4) is 0 Å². The smallest absolute Gasteiger partial charge is 0.191 e.